The van der Waals surface area contributed by atoms with Gasteiger partial charge in [0.2, 0.25) is 0 Å². The van der Waals surface area contributed by atoms with Crippen molar-refractivity contribution in [3.8, 4) is 11.1 Å². The van der Waals surface area contributed by atoms with Gasteiger partial charge in [0.25, 0.3) is 0 Å². The first-order valence-corrected chi connectivity index (χ1v) is 16.7. The maximum atomic E-state index is 6.81. The second kappa shape index (κ2) is 3.63. The normalized spacial score (nSPS) is 18.0. The summed E-state index contributed by atoms with van der Waals surface area (Å²) in [4.78, 5) is 0. The minimum atomic E-state index is -2.51. The zero-order chi connectivity index (χ0) is 10.5. The first-order chi connectivity index (χ1) is 7.21. The van der Waals surface area contributed by atoms with Crippen LogP contribution >= 0.6 is 27.7 Å². The Labute approximate surface area is 106 Å². The Kier molecular flexibility index (Phi) is 2.52. The van der Waals surface area contributed by atoms with E-state index in [0.717, 1.165) is 0 Å². The van der Waals surface area contributed by atoms with Gasteiger partial charge in [-0.2, -0.15) is 0 Å². The molecule has 3 rings (SSSR count). The van der Waals surface area contributed by atoms with E-state index in [1.807, 2.05) is 0 Å². The second-order valence-electron chi connectivity index (χ2n) is 3.46. The summed E-state index contributed by atoms with van der Waals surface area (Å²) in [5.74, 6) is 0. The molecule has 0 spiro atoms. The molecule has 0 aromatic heterocycles. The first kappa shape index (κ1) is 10.4. The van der Waals surface area contributed by atoms with Gasteiger partial charge in [0.15, 0.2) is 0 Å². The number of hydrogen-bond donors (Lipinski definition) is 0. The molecule has 15 heavy (non-hydrogen) atoms. The van der Waals surface area contributed by atoms with Crippen LogP contribution in [0.15, 0.2) is 48.5 Å². The van der Waals surface area contributed by atoms with E-state index in [2.05, 4.69) is 67.2 Å². The monoisotopic (exact) mass is 444 g/mol. The zero-order valence-corrected chi connectivity index (χ0v) is 13.0. The summed E-state index contributed by atoms with van der Waals surface area (Å²) in [5, 5.41) is 0. The van der Waals surface area contributed by atoms with Crippen LogP contribution in [-0.4, -0.2) is 13.1 Å². The molecule has 0 unspecified atom stereocenters. The van der Waals surface area contributed by atoms with Crippen molar-refractivity contribution in [1.29, 1.82) is 0 Å². The van der Waals surface area contributed by atoms with E-state index in [9.17, 15) is 0 Å². The molecule has 0 amide bonds. The maximum absolute atomic E-state index is 6.81. The third-order valence-corrected chi connectivity index (χ3v) is 16.4. The number of halogens is 2. The van der Waals surface area contributed by atoms with Crippen LogP contribution in [0.3, 0.4) is 0 Å². The van der Waals surface area contributed by atoms with Crippen LogP contribution in [0.4, 0.5) is 0 Å². The molecular weight excluding hydrogens is 434 g/mol. The molecule has 3 heteroatoms. The van der Waals surface area contributed by atoms with Crippen molar-refractivity contribution in [2.45, 2.75) is 0 Å². The van der Waals surface area contributed by atoms with Gasteiger partial charge in [0.05, 0.1) is 0 Å². The summed E-state index contributed by atoms with van der Waals surface area (Å²) < 4.78 is 2.78. The van der Waals surface area contributed by atoms with Crippen molar-refractivity contribution < 1.29 is 0 Å². The molecule has 0 saturated heterocycles. The molecule has 0 fully saturated rings. The molecule has 0 bridgehead atoms. The van der Waals surface area contributed by atoms with Crippen molar-refractivity contribution >= 4 is 48.0 Å². The molecule has 0 aliphatic carbocycles. The van der Waals surface area contributed by atoms with E-state index in [4.69, 9.17) is 8.96 Å². The molecule has 0 N–H and O–H groups in total. The summed E-state index contributed by atoms with van der Waals surface area (Å²) in [6.45, 7) is 0. The summed E-state index contributed by atoms with van der Waals surface area (Å²) in [7, 11) is 6.81. The Bertz CT molecular complexity index is 489. The number of rotatable bonds is 0. The van der Waals surface area contributed by atoms with Gasteiger partial charge in [-0.3, -0.25) is 0 Å². The Morgan fingerprint density at radius 2 is 1.20 bits per heavy atom. The fourth-order valence-electron chi connectivity index (χ4n) is 1.94. The molecule has 1 aliphatic heterocycles. The van der Waals surface area contributed by atoms with E-state index >= 15 is 0 Å². The summed E-state index contributed by atoms with van der Waals surface area (Å²) in [5.41, 5.74) is 2.69. The number of hydrogen-bond acceptors (Lipinski definition) is 0. The fourth-order valence-corrected chi connectivity index (χ4v) is 13.6. The van der Waals surface area contributed by atoms with E-state index < -0.39 is 13.1 Å². The van der Waals surface area contributed by atoms with E-state index in [0.29, 0.717) is 0 Å². The van der Waals surface area contributed by atoms with Crippen molar-refractivity contribution in [2.24, 2.45) is 0 Å². The van der Waals surface area contributed by atoms with Crippen LogP contribution in [-0.2, 0) is 0 Å². The summed E-state index contributed by atoms with van der Waals surface area (Å²) >= 11 is -0.00191. The Hall–Kier alpha value is 0.250. The molecule has 0 radical (unpaired) electrons. The molecule has 76 valence electrons. The van der Waals surface area contributed by atoms with Gasteiger partial charge in [-0.1, -0.05) is 0 Å². The van der Waals surface area contributed by atoms with Crippen LogP contribution in [0.2, 0.25) is 0 Å². The van der Waals surface area contributed by atoms with Gasteiger partial charge in [0, 0.05) is 0 Å². The summed E-state index contributed by atoms with van der Waals surface area (Å²) in [6, 6.07) is 17.1. The Morgan fingerprint density at radius 3 is 1.67 bits per heavy atom. The predicted octanol–water partition coefficient (Wildman–Crippen LogP) is 2.90. The second-order valence-corrected chi connectivity index (χ2v) is 24.1. The number of benzene rings is 2. The van der Waals surface area contributed by atoms with Gasteiger partial charge in [-0.05, 0) is 0 Å². The molecule has 0 nitrogen and oxygen atoms in total. The molecule has 0 saturated carbocycles. The van der Waals surface area contributed by atoms with Gasteiger partial charge >= 0.3 is 108 Å². The topological polar surface area (TPSA) is 0 Å². The molecule has 2 aromatic carbocycles. The van der Waals surface area contributed by atoms with Crippen LogP contribution in [0.5, 0.6) is 0 Å². The SMILES string of the molecule is Cl[Te]1(I)c2ccccc2-c2ccccc21. The van der Waals surface area contributed by atoms with Crippen LogP contribution < -0.4 is 7.22 Å². The first-order valence-electron chi connectivity index (χ1n) is 4.62. The van der Waals surface area contributed by atoms with Gasteiger partial charge in [-0.25, -0.2) is 0 Å². The van der Waals surface area contributed by atoms with E-state index in [1.165, 1.54) is 18.3 Å². The molecule has 2 aromatic rings. The van der Waals surface area contributed by atoms with Gasteiger partial charge in [0.1, 0.15) is 0 Å². The van der Waals surface area contributed by atoms with Crippen LogP contribution in [0.1, 0.15) is 0 Å². The van der Waals surface area contributed by atoms with Crippen molar-refractivity contribution in [1.82, 2.24) is 0 Å². The average Bonchev–Trinajstić information content (AvgIpc) is 2.51. The quantitative estimate of drug-likeness (QED) is 0.435. The fraction of sp³-hybridized carbons (Fsp3) is 0. The van der Waals surface area contributed by atoms with E-state index in [1.54, 1.807) is 0 Å². The number of fused-ring (bicyclic) bond motifs is 3. The summed E-state index contributed by atoms with van der Waals surface area (Å²) in [6.07, 6.45) is 0. The van der Waals surface area contributed by atoms with E-state index in [-0.39, 0.29) is 0 Å². The third kappa shape index (κ3) is 1.46. The van der Waals surface area contributed by atoms with Gasteiger partial charge < -0.3 is 0 Å². The predicted molar refractivity (Wildman–Crippen MR) is 76.8 cm³/mol. The third-order valence-electron chi connectivity index (χ3n) is 2.62. The molecular formula is C12H8ClITe. The Balaban J connectivity index is 2.42. The minimum absolute atomic E-state index is 1.35. The van der Waals surface area contributed by atoms with Crippen molar-refractivity contribution in [3.63, 3.8) is 0 Å². The standard InChI is InChI=1S/C12H8ClITe/c13-15(14)11-7-3-1-5-9(11)10-6-2-4-8-12(10)15/h1-8H. The van der Waals surface area contributed by atoms with Crippen LogP contribution in [0, 0.1) is 0 Å². The average molecular weight is 442 g/mol. The van der Waals surface area contributed by atoms with Gasteiger partial charge in [-0.15, -0.1) is 0 Å². The molecule has 1 aliphatic rings. The zero-order valence-electron chi connectivity index (χ0n) is 7.78. The molecule has 1 heterocycles. The van der Waals surface area contributed by atoms with Crippen LogP contribution in [0.25, 0.3) is 11.1 Å². The molecule has 0 atom stereocenters. The van der Waals surface area contributed by atoms with Crippen molar-refractivity contribution in [3.05, 3.63) is 48.5 Å². The van der Waals surface area contributed by atoms with Crippen molar-refractivity contribution in [2.75, 3.05) is 0 Å². The Morgan fingerprint density at radius 1 is 0.800 bits per heavy atom.